The molecule has 4 aromatic carbocycles. The Labute approximate surface area is 280 Å². The number of halogens is 2. The minimum absolute atomic E-state index is 0.00191. The van der Waals surface area contributed by atoms with Gasteiger partial charge in [-0.1, -0.05) is 35.4 Å². The van der Waals surface area contributed by atoms with Crippen LogP contribution in [-0.2, 0) is 28.6 Å². The van der Waals surface area contributed by atoms with Crippen molar-refractivity contribution in [1.29, 1.82) is 0 Å². The fourth-order valence-electron chi connectivity index (χ4n) is 4.40. The molecule has 0 radical (unpaired) electrons. The third-order valence-corrected chi connectivity index (χ3v) is 9.58. The van der Waals surface area contributed by atoms with Crippen LogP contribution in [-0.4, -0.2) is 60.4 Å². The molecule has 0 aromatic heterocycles. The Balaban J connectivity index is 0.000000192. The number of nitro groups is 1. The van der Waals surface area contributed by atoms with E-state index in [-0.39, 0.29) is 47.7 Å². The summed E-state index contributed by atoms with van der Waals surface area (Å²) < 4.78 is 107. The smallest absolute Gasteiger partial charge is 0.308 e. The standard InChI is InChI=1S/C16H14FNO7S.C16H15FO5S/c1-10-2-4-12(5-3-10)26(21,22)24-9-11-8-23-15-6-13(17)14(18(19)20)7-16(15)25-11;1-11-2-5-14(6-3-11)23(18,19)21-10-13-9-20-16-8-12(17)4-7-15(16)22-13/h2-7,11H,8-9H2,1H3;2-8,13H,9-10H2,1H3/t11-;13-/m11/s1. The maximum atomic E-state index is 13.6. The molecule has 4 aromatic rings. The Hall–Kier alpha value is -4.84. The molecular formula is C32H29F2NO12S2. The highest BCUT2D eigenvalue weighted by molar-refractivity contribution is 7.87. The van der Waals surface area contributed by atoms with E-state index in [0.29, 0.717) is 11.5 Å². The SMILES string of the molecule is Cc1ccc(S(=O)(=O)OC[C@H]2COc3cc(F)c([N+](=O)[O-])cc3O2)cc1.Cc1ccc(S(=O)(=O)OC[C@H]2COc3cc(F)ccc3O2)cc1. The lowest BCUT2D eigenvalue weighted by molar-refractivity contribution is -0.387. The second kappa shape index (κ2) is 14.7. The van der Waals surface area contributed by atoms with Gasteiger partial charge in [0.25, 0.3) is 20.2 Å². The van der Waals surface area contributed by atoms with Crippen LogP contribution in [0.1, 0.15) is 11.1 Å². The van der Waals surface area contributed by atoms with Crippen LogP contribution in [0.15, 0.2) is 88.7 Å². The number of rotatable bonds is 9. The molecule has 0 aliphatic carbocycles. The summed E-state index contributed by atoms with van der Waals surface area (Å²) in [6, 6.07) is 18.1. The van der Waals surface area contributed by atoms with Crippen LogP contribution >= 0.6 is 0 Å². The molecule has 0 saturated heterocycles. The van der Waals surface area contributed by atoms with Crippen LogP contribution in [0.2, 0.25) is 0 Å². The van der Waals surface area contributed by atoms with E-state index in [2.05, 4.69) is 0 Å². The number of aryl methyl sites for hydroxylation is 2. The van der Waals surface area contributed by atoms with E-state index in [0.717, 1.165) is 23.3 Å². The maximum Gasteiger partial charge on any atom is 0.308 e. The largest absolute Gasteiger partial charge is 0.486 e. The zero-order valence-electron chi connectivity index (χ0n) is 25.9. The van der Waals surface area contributed by atoms with Gasteiger partial charge in [0.05, 0.1) is 20.8 Å². The van der Waals surface area contributed by atoms with E-state index >= 15 is 0 Å². The van der Waals surface area contributed by atoms with Crippen LogP contribution < -0.4 is 18.9 Å². The van der Waals surface area contributed by atoms with Crippen molar-refractivity contribution in [3.05, 3.63) is 112 Å². The molecule has 0 amide bonds. The monoisotopic (exact) mass is 721 g/mol. The quantitative estimate of drug-likeness (QED) is 0.125. The Morgan fingerprint density at radius 1 is 0.694 bits per heavy atom. The van der Waals surface area contributed by atoms with Crippen molar-refractivity contribution >= 4 is 25.9 Å². The van der Waals surface area contributed by atoms with Gasteiger partial charge in [0.2, 0.25) is 5.82 Å². The van der Waals surface area contributed by atoms with Crippen LogP contribution in [0.5, 0.6) is 23.0 Å². The first-order valence-corrected chi connectivity index (χ1v) is 17.3. The summed E-state index contributed by atoms with van der Waals surface area (Å²) in [7, 11) is -7.84. The topological polar surface area (TPSA) is 167 Å². The van der Waals surface area contributed by atoms with Crippen LogP contribution in [0.4, 0.5) is 14.5 Å². The normalized spacial score (nSPS) is 16.7. The minimum Gasteiger partial charge on any atom is -0.486 e. The molecule has 0 fully saturated rings. The molecular weight excluding hydrogens is 692 g/mol. The van der Waals surface area contributed by atoms with Crippen molar-refractivity contribution in [3.63, 3.8) is 0 Å². The molecule has 260 valence electrons. The molecule has 6 rings (SSSR count). The van der Waals surface area contributed by atoms with E-state index in [4.69, 9.17) is 27.3 Å². The van der Waals surface area contributed by atoms with Gasteiger partial charge in [-0.15, -0.1) is 0 Å². The molecule has 2 atom stereocenters. The summed E-state index contributed by atoms with van der Waals surface area (Å²) in [5.74, 6) is -0.865. The summed E-state index contributed by atoms with van der Waals surface area (Å²) in [5.41, 5.74) is 1.09. The molecule has 0 saturated carbocycles. The van der Waals surface area contributed by atoms with Crippen LogP contribution in [0, 0.1) is 35.6 Å². The van der Waals surface area contributed by atoms with Crippen molar-refractivity contribution in [2.45, 2.75) is 35.8 Å². The summed E-state index contributed by atoms with van der Waals surface area (Å²) in [6.07, 6.45) is -1.42. The number of benzene rings is 4. The second-order valence-corrected chi connectivity index (χ2v) is 14.0. The number of hydrogen-bond acceptors (Lipinski definition) is 12. The second-order valence-electron chi connectivity index (χ2n) is 10.8. The first kappa shape index (κ1) is 35.5. The van der Waals surface area contributed by atoms with Gasteiger partial charge in [0, 0.05) is 12.1 Å². The lowest BCUT2D eigenvalue weighted by Crippen LogP contribution is -2.34. The summed E-state index contributed by atoms with van der Waals surface area (Å²) >= 11 is 0. The highest BCUT2D eigenvalue weighted by atomic mass is 32.2. The van der Waals surface area contributed by atoms with Gasteiger partial charge in [-0.25, -0.2) is 4.39 Å². The van der Waals surface area contributed by atoms with Gasteiger partial charge >= 0.3 is 5.69 Å². The third kappa shape index (κ3) is 9.00. The molecule has 2 aliphatic rings. The average molecular weight is 722 g/mol. The fraction of sp³-hybridized carbons (Fsp3) is 0.250. The minimum atomic E-state index is -3.99. The van der Waals surface area contributed by atoms with E-state index < -0.39 is 54.7 Å². The third-order valence-electron chi connectivity index (χ3n) is 6.99. The molecule has 2 aliphatic heterocycles. The summed E-state index contributed by atoms with van der Waals surface area (Å²) in [6.45, 7) is 3.13. The molecule has 0 bridgehead atoms. The molecule has 13 nitrogen and oxygen atoms in total. The highest BCUT2D eigenvalue weighted by Crippen LogP contribution is 2.37. The first-order chi connectivity index (χ1) is 23.2. The number of nitro benzene ring substituents is 1. The molecule has 17 heteroatoms. The lowest BCUT2D eigenvalue weighted by atomic mass is 10.2. The number of hydrogen-bond donors (Lipinski definition) is 0. The van der Waals surface area contributed by atoms with Gasteiger partial charge in [0.1, 0.15) is 32.2 Å². The van der Waals surface area contributed by atoms with Gasteiger partial charge in [-0.05, 0) is 50.2 Å². The number of nitrogens with zero attached hydrogens (tertiary/aromatic N) is 1. The maximum absolute atomic E-state index is 13.6. The van der Waals surface area contributed by atoms with Crippen LogP contribution in [0.3, 0.4) is 0 Å². The number of ether oxygens (including phenoxy) is 4. The van der Waals surface area contributed by atoms with E-state index in [1.807, 2.05) is 13.8 Å². The zero-order chi connectivity index (χ0) is 35.3. The average Bonchev–Trinajstić information content (AvgIpc) is 3.07. The van der Waals surface area contributed by atoms with Crippen LogP contribution in [0.25, 0.3) is 0 Å². The molecule has 2 heterocycles. The van der Waals surface area contributed by atoms with E-state index in [9.17, 15) is 35.7 Å². The van der Waals surface area contributed by atoms with Crippen molar-refractivity contribution in [1.82, 2.24) is 0 Å². The van der Waals surface area contributed by atoms with Gasteiger partial charge in [-0.3, -0.25) is 18.5 Å². The molecule has 0 unspecified atom stereocenters. The zero-order valence-corrected chi connectivity index (χ0v) is 27.5. The predicted octanol–water partition coefficient (Wildman–Crippen LogP) is 5.27. The Morgan fingerprint density at radius 3 is 1.65 bits per heavy atom. The highest BCUT2D eigenvalue weighted by Gasteiger charge is 2.29. The van der Waals surface area contributed by atoms with Gasteiger partial charge in [0.15, 0.2) is 35.2 Å². The summed E-state index contributed by atoms with van der Waals surface area (Å²) in [4.78, 5) is 9.99. The fourth-order valence-corrected chi connectivity index (χ4v) is 6.27. The Morgan fingerprint density at radius 2 is 1.16 bits per heavy atom. The predicted molar refractivity (Wildman–Crippen MR) is 168 cm³/mol. The van der Waals surface area contributed by atoms with Crippen molar-refractivity contribution < 1.29 is 57.9 Å². The number of fused-ring (bicyclic) bond motifs is 2. The lowest BCUT2D eigenvalue weighted by Gasteiger charge is -2.26. The van der Waals surface area contributed by atoms with E-state index in [1.54, 1.807) is 24.3 Å². The van der Waals surface area contributed by atoms with Crippen molar-refractivity contribution in [2.24, 2.45) is 0 Å². The Bertz CT molecular complexity index is 2040. The molecule has 49 heavy (non-hydrogen) atoms. The summed E-state index contributed by atoms with van der Waals surface area (Å²) in [5, 5.41) is 10.8. The van der Waals surface area contributed by atoms with Crippen molar-refractivity contribution in [2.75, 3.05) is 26.4 Å². The van der Waals surface area contributed by atoms with E-state index in [1.165, 1.54) is 42.5 Å². The van der Waals surface area contributed by atoms with Gasteiger partial charge in [-0.2, -0.15) is 21.2 Å². The van der Waals surface area contributed by atoms with Crippen molar-refractivity contribution in [3.8, 4) is 23.0 Å². The molecule has 0 N–H and O–H groups in total. The van der Waals surface area contributed by atoms with Gasteiger partial charge < -0.3 is 18.9 Å². The molecule has 0 spiro atoms. The Kier molecular flexibility index (Phi) is 10.7. The first-order valence-electron chi connectivity index (χ1n) is 14.5.